The summed E-state index contributed by atoms with van der Waals surface area (Å²) >= 11 is 8.12. The zero-order chi connectivity index (χ0) is 18.6. The Morgan fingerprint density at radius 2 is 1.78 bits per heavy atom. The van der Waals surface area contributed by atoms with Crippen LogP contribution in [0.4, 0.5) is 5.69 Å². The first-order valence-corrected chi connectivity index (χ1v) is 10.0. The van der Waals surface area contributed by atoms with Crippen molar-refractivity contribution in [2.45, 2.75) is 6.54 Å². The van der Waals surface area contributed by atoms with Gasteiger partial charge in [-0.2, -0.15) is 11.8 Å². The summed E-state index contributed by atoms with van der Waals surface area (Å²) in [6.45, 7) is 0.475. The van der Waals surface area contributed by atoms with Crippen molar-refractivity contribution in [2.24, 2.45) is 0 Å². The van der Waals surface area contributed by atoms with Gasteiger partial charge in [-0.1, -0.05) is 65.3 Å². The highest BCUT2D eigenvalue weighted by Gasteiger charge is 2.27. The van der Waals surface area contributed by atoms with Crippen molar-refractivity contribution in [3.05, 3.63) is 88.3 Å². The molecule has 0 atom stereocenters. The number of thioether (sulfide) groups is 1. The quantitative estimate of drug-likeness (QED) is 0.630. The van der Waals surface area contributed by atoms with Crippen molar-refractivity contribution in [3.8, 4) is 0 Å². The zero-order valence-electron chi connectivity index (χ0n) is 14.4. The maximum atomic E-state index is 13.0. The van der Waals surface area contributed by atoms with E-state index < -0.39 is 0 Å². The predicted octanol–water partition coefficient (Wildman–Crippen LogP) is 4.28. The van der Waals surface area contributed by atoms with Crippen molar-refractivity contribution in [1.82, 2.24) is 15.0 Å². The molecule has 0 saturated heterocycles. The lowest BCUT2D eigenvalue weighted by molar-refractivity contribution is 0.103. The first-order valence-electron chi connectivity index (χ1n) is 8.52. The van der Waals surface area contributed by atoms with E-state index in [2.05, 4.69) is 15.6 Å². The summed E-state index contributed by atoms with van der Waals surface area (Å²) < 4.78 is 1.55. The number of benzene rings is 2. The number of hydrogen-bond donors (Lipinski definition) is 1. The van der Waals surface area contributed by atoms with Crippen molar-refractivity contribution >= 4 is 34.8 Å². The van der Waals surface area contributed by atoms with Crippen molar-refractivity contribution < 1.29 is 4.79 Å². The molecule has 1 aromatic heterocycles. The molecule has 0 unspecified atom stereocenters. The Bertz CT molecular complexity index is 986. The molecule has 5 nitrogen and oxygen atoms in total. The van der Waals surface area contributed by atoms with Gasteiger partial charge in [0.1, 0.15) is 0 Å². The monoisotopic (exact) mass is 396 g/mol. The smallest absolute Gasteiger partial charge is 0.215 e. The second kappa shape index (κ2) is 7.98. The number of carbonyl (C=O) groups excluding carboxylic acids is 1. The summed E-state index contributed by atoms with van der Waals surface area (Å²) in [5, 5.41) is 11.8. The molecular formula is C20H17ClN4OS. The van der Waals surface area contributed by atoms with E-state index in [-0.39, 0.29) is 16.6 Å². The van der Waals surface area contributed by atoms with Gasteiger partial charge in [0.25, 0.3) is 0 Å². The van der Waals surface area contributed by atoms with E-state index >= 15 is 0 Å². The average Bonchev–Trinajstić information content (AvgIpc) is 3.30. The highest BCUT2D eigenvalue weighted by molar-refractivity contribution is 8.00. The van der Waals surface area contributed by atoms with E-state index in [1.54, 1.807) is 16.4 Å². The number of anilines is 1. The number of nitrogens with zero attached hydrogens (tertiary/aromatic N) is 3. The molecule has 0 fully saturated rings. The minimum Gasteiger partial charge on any atom is -0.358 e. The highest BCUT2D eigenvalue weighted by Crippen LogP contribution is 2.29. The van der Waals surface area contributed by atoms with Gasteiger partial charge >= 0.3 is 0 Å². The number of carbonyl (C=O) groups is 1. The third-order valence-corrected chi connectivity index (χ3v) is 5.62. The molecule has 0 aliphatic carbocycles. The van der Waals surface area contributed by atoms with Gasteiger partial charge in [-0.3, -0.25) is 4.79 Å². The number of ketones is 1. The molecule has 0 radical (unpaired) electrons. The molecule has 2 aromatic carbocycles. The van der Waals surface area contributed by atoms with E-state index in [0.29, 0.717) is 17.9 Å². The maximum absolute atomic E-state index is 13.0. The van der Waals surface area contributed by atoms with Crippen LogP contribution < -0.4 is 5.32 Å². The van der Waals surface area contributed by atoms with E-state index in [1.807, 2.05) is 60.7 Å². The minimum absolute atomic E-state index is 0.164. The van der Waals surface area contributed by atoms with Gasteiger partial charge < -0.3 is 5.32 Å². The minimum atomic E-state index is -0.164. The number of hydrogen-bond acceptors (Lipinski definition) is 5. The van der Waals surface area contributed by atoms with Crippen LogP contribution in [0.1, 0.15) is 16.1 Å². The van der Waals surface area contributed by atoms with Gasteiger partial charge in [0.15, 0.2) is 10.8 Å². The molecule has 1 aliphatic heterocycles. The Hall–Kier alpha value is -2.57. The fourth-order valence-corrected chi connectivity index (χ4v) is 4.16. The molecule has 1 N–H and O–H groups in total. The second-order valence-corrected chi connectivity index (χ2v) is 7.49. The van der Waals surface area contributed by atoms with Gasteiger partial charge in [0, 0.05) is 28.5 Å². The number of para-hydroxylation sites is 1. The predicted molar refractivity (Wildman–Crippen MR) is 109 cm³/mol. The lowest BCUT2D eigenvalue weighted by atomic mass is 10.1. The molecule has 0 bridgehead atoms. The summed E-state index contributed by atoms with van der Waals surface area (Å²) in [4.78, 5) is 13.0. The molecule has 2 heterocycles. The molecule has 0 spiro atoms. The fraction of sp³-hybridized carbons (Fsp3) is 0.150. The van der Waals surface area contributed by atoms with E-state index in [0.717, 1.165) is 22.7 Å². The summed E-state index contributed by atoms with van der Waals surface area (Å²) in [7, 11) is 0. The molecule has 0 amide bonds. The lowest BCUT2D eigenvalue weighted by Crippen LogP contribution is -2.11. The Labute approximate surface area is 166 Å². The van der Waals surface area contributed by atoms with E-state index in [1.165, 1.54) is 0 Å². The Morgan fingerprint density at radius 3 is 2.52 bits per heavy atom. The Balaban J connectivity index is 1.58. The molecule has 136 valence electrons. The summed E-state index contributed by atoms with van der Waals surface area (Å²) in [6.07, 6.45) is 0. The summed E-state index contributed by atoms with van der Waals surface area (Å²) in [5.74, 6) is 1.23. The fourth-order valence-electron chi connectivity index (χ4n) is 2.88. The molecule has 27 heavy (non-hydrogen) atoms. The van der Waals surface area contributed by atoms with Gasteiger partial charge in [-0.15, -0.1) is 5.10 Å². The van der Waals surface area contributed by atoms with Crippen LogP contribution in [0.2, 0.25) is 5.15 Å². The molecule has 0 saturated carbocycles. The third-order valence-electron chi connectivity index (χ3n) is 4.27. The highest BCUT2D eigenvalue weighted by atomic mass is 35.5. The number of halogens is 1. The van der Waals surface area contributed by atoms with Crippen LogP contribution in [-0.2, 0) is 6.54 Å². The van der Waals surface area contributed by atoms with Crippen LogP contribution in [-0.4, -0.2) is 32.3 Å². The van der Waals surface area contributed by atoms with Gasteiger partial charge in [0.2, 0.25) is 5.78 Å². The molecule has 4 rings (SSSR count). The SMILES string of the molecule is O=C(C1=C(Nc2ccccc2)CSC1)c1nnn(Cc2ccccc2)c1Cl. The molecular weight excluding hydrogens is 380 g/mol. The number of nitrogens with one attached hydrogen (secondary N) is 1. The lowest BCUT2D eigenvalue weighted by Gasteiger charge is -2.09. The average molecular weight is 397 g/mol. The molecule has 1 aliphatic rings. The van der Waals surface area contributed by atoms with Gasteiger partial charge in [-0.25, -0.2) is 4.68 Å². The third kappa shape index (κ3) is 3.91. The van der Waals surface area contributed by atoms with Gasteiger partial charge in [0.05, 0.1) is 6.54 Å². The first-order chi connectivity index (χ1) is 13.2. The number of Topliss-reactive ketones (excluding diaryl/α,β-unsaturated/α-hetero) is 1. The van der Waals surface area contributed by atoms with E-state index in [4.69, 9.17) is 11.6 Å². The standard InChI is InChI=1S/C20H17ClN4OS/c21-20-18(23-24-25(20)11-14-7-3-1-4-8-14)19(26)16-12-27-13-17(16)22-15-9-5-2-6-10-15/h1-10,22H,11-13H2. The van der Waals surface area contributed by atoms with Crippen LogP contribution in [0, 0.1) is 0 Å². The summed E-state index contributed by atoms with van der Waals surface area (Å²) in [6, 6.07) is 19.6. The van der Waals surface area contributed by atoms with Crippen molar-refractivity contribution in [2.75, 3.05) is 16.8 Å². The zero-order valence-corrected chi connectivity index (χ0v) is 16.0. The molecule has 3 aromatic rings. The van der Waals surface area contributed by atoms with Crippen LogP contribution in [0.25, 0.3) is 0 Å². The second-order valence-electron chi connectivity index (χ2n) is 6.14. The normalized spacial score (nSPS) is 13.8. The maximum Gasteiger partial charge on any atom is 0.215 e. The topological polar surface area (TPSA) is 59.8 Å². The van der Waals surface area contributed by atoms with Crippen LogP contribution in [0.5, 0.6) is 0 Å². The Kier molecular flexibility index (Phi) is 5.27. The summed E-state index contributed by atoms with van der Waals surface area (Å²) in [5.41, 5.74) is 3.82. The first kappa shape index (κ1) is 17.8. The van der Waals surface area contributed by atoms with E-state index in [9.17, 15) is 4.79 Å². The number of rotatable bonds is 6. The van der Waals surface area contributed by atoms with Crippen LogP contribution in [0.3, 0.4) is 0 Å². The van der Waals surface area contributed by atoms with Crippen molar-refractivity contribution in [1.29, 1.82) is 0 Å². The van der Waals surface area contributed by atoms with Crippen LogP contribution >= 0.6 is 23.4 Å². The largest absolute Gasteiger partial charge is 0.358 e. The Morgan fingerprint density at radius 1 is 1.07 bits per heavy atom. The number of aromatic nitrogens is 3. The van der Waals surface area contributed by atoms with Gasteiger partial charge in [-0.05, 0) is 17.7 Å². The van der Waals surface area contributed by atoms with Crippen LogP contribution in [0.15, 0.2) is 71.9 Å². The van der Waals surface area contributed by atoms with Crippen molar-refractivity contribution in [3.63, 3.8) is 0 Å². The molecule has 7 heteroatoms.